The molecule has 17 heavy (non-hydrogen) atoms. The van der Waals surface area contributed by atoms with E-state index in [2.05, 4.69) is 19.2 Å². The number of nitrogens with one attached hydrogen (secondary N) is 1. The lowest BCUT2D eigenvalue weighted by molar-refractivity contribution is -0.103. The SMILES string of the molecule is CC1CC(OCCC2CCCNC2)CC(C)O1. The molecule has 0 saturated carbocycles. The van der Waals surface area contributed by atoms with Gasteiger partial charge in [-0.2, -0.15) is 0 Å². The molecule has 0 amide bonds. The summed E-state index contributed by atoms with van der Waals surface area (Å²) in [4.78, 5) is 0. The molecule has 2 aliphatic heterocycles. The Kier molecular flexibility index (Phi) is 5.26. The fraction of sp³-hybridized carbons (Fsp3) is 1.00. The summed E-state index contributed by atoms with van der Waals surface area (Å²) in [5, 5.41) is 3.46. The van der Waals surface area contributed by atoms with Crippen molar-refractivity contribution >= 4 is 0 Å². The molecule has 0 aromatic rings. The first-order valence-electron chi connectivity index (χ1n) is 7.22. The fourth-order valence-electron chi connectivity index (χ4n) is 3.05. The predicted octanol–water partition coefficient (Wildman–Crippen LogP) is 2.35. The number of rotatable bonds is 4. The maximum atomic E-state index is 6.02. The molecular formula is C14H27NO2. The van der Waals surface area contributed by atoms with Crippen LogP contribution in [0.4, 0.5) is 0 Å². The highest BCUT2D eigenvalue weighted by atomic mass is 16.5. The van der Waals surface area contributed by atoms with Gasteiger partial charge < -0.3 is 14.8 Å². The topological polar surface area (TPSA) is 30.5 Å². The minimum Gasteiger partial charge on any atom is -0.378 e. The van der Waals surface area contributed by atoms with Crippen LogP contribution in [-0.4, -0.2) is 38.0 Å². The predicted molar refractivity (Wildman–Crippen MR) is 69.2 cm³/mol. The summed E-state index contributed by atoms with van der Waals surface area (Å²) in [6.07, 6.45) is 7.19. The molecule has 3 nitrogen and oxygen atoms in total. The Morgan fingerprint density at radius 3 is 2.65 bits per heavy atom. The summed E-state index contributed by atoms with van der Waals surface area (Å²) in [5.74, 6) is 0.832. The average Bonchev–Trinajstić information content (AvgIpc) is 2.29. The third kappa shape index (κ3) is 4.57. The Morgan fingerprint density at radius 1 is 1.24 bits per heavy atom. The zero-order valence-corrected chi connectivity index (χ0v) is 11.3. The van der Waals surface area contributed by atoms with E-state index >= 15 is 0 Å². The highest BCUT2D eigenvalue weighted by Crippen LogP contribution is 2.22. The Hall–Kier alpha value is -0.120. The van der Waals surface area contributed by atoms with Crippen LogP contribution in [0, 0.1) is 5.92 Å². The molecule has 2 heterocycles. The Morgan fingerprint density at radius 2 is 2.00 bits per heavy atom. The maximum absolute atomic E-state index is 6.02. The van der Waals surface area contributed by atoms with Gasteiger partial charge in [0.2, 0.25) is 0 Å². The van der Waals surface area contributed by atoms with Crippen molar-refractivity contribution in [2.45, 2.75) is 64.3 Å². The molecule has 2 fully saturated rings. The molecule has 2 rings (SSSR count). The van der Waals surface area contributed by atoms with E-state index in [-0.39, 0.29) is 0 Å². The monoisotopic (exact) mass is 241 g/mol. The standard InChI is InChI=1S/C14H27NO2/c1-11-8-14(9-12(2)17-11)16-7-5-13-4-3-6-15-10-13/h11-15H,3-10H2,1-2H3. The molecule has 100 valence electrons. The summed E-state index contributed by atoms with van der Waals surface area (Å²) in [7, 11) is 0. The van der Waals surface area contributed by atoms with Crippen LogP contribution in [0.25, 0.3) is 0 Å². The number of hydrogen-bond acceptors (Lipinski definition) is 3. The van der Waals surface area contributed by atoms with Crippen LogP contribution < -0.4 is 5.32 Å². The second-order valence-corrected chi connectivity index (χ2v) is 5.72. The van der Waals surface area contributed by atoms with Gasteiger partial charge in [-0.3, -0.25) is 0 Å². The first-order valence-corrected chi connectivity index (χ1v) is 7.22. The van der Waals surface area contributed by atoms with E-state index in [1.54, 1.807) is 0 Å². The quantitative estimate of drug-likeness (QED) is 0.819. The lowest BCUT2D eigenvalue weighted by Crippen LogP contribution is -2.35. The van der Waals surface area contributed by atoms with E-state index in [1.165, 1.54) is 32.4 Å². The second-order valence-electron chi connectivity index (χ2n) is 5.72. The molecule has 3 atom stereocenters. The van der Waals surface area contributed by atoms with E-state index in [0.29, 0.717) is 18.3 Å². The van der Waals surface area contributed by atoms with Crippen LogP contribution in [0.1, 0.15) is 46.0 Å². The van der Waals surface area contributed by atoms with E-state index < -0.39 is 0 Å². The highest BCUT2D eigenvalue weighted by molar-refractivity contribution is 4.74. The van der Waals surface area contributed by atoms with Crippen molar-refractivity contribution in [3.63, 3.8) is 0 Å². The summed E-state index contributed by atoms with van der Waals surface area (Å²) in [6, 6.07) is 0. The Bertz CT molecular complexity index is 206. The maximum Gasteiger partial charge on any atom is 0.0624 e. The normalized spacial score (nSPS) is 39.2. The van der Waals surface area contributed by atoms with Crippen molar-refractivity contribution in [3.8, 4) is 0 Å². The third-order valence-corrected chi connectivity index (χ3v) is 3.93. The Balaban J connectivity index is 1.60. The van der Waals surface area contributed by atoms with Gasteiger partial charge in [0.25, 0.3) is 0 Å². The van der Waals surface area contributed by atoms with Gasteiger partial charge >= 0.3 is 0 Å². The molecule has 0 aromatic carbocycles. The lowest BCUT2D eigenvalue weighted by Gasteiger charge is -2.32. The summed E-state index contributed by atoms with van der Waals surface area (Å²) < 4.78 is 11.7. The van der Waals surface area contributed by atoms with E-state index in [0.717, 1.165) is 25.4 Å². The zero-order valence-electron chi connectivity index (χ0n) is 11.3. The van der Waals surface area contributed by atoms with Crippen molar-refractivity contribution < 1.29 is 9.47 Å². The van der Waals surface area contributed by atoms with Gasteiger partial charge in [0.05, 0.1) is 18.3 Å². The van der Waals surface area contributed by atoms with Crippen molar-refractivity contribution in [1.29, 1.82) is 0 Å². The van der Waals surface area contributed by atoms with E-state index in [4.69, 9.17) is 9.47 Å². The summed E-state index contributed by atoms with van der Waals surface area (Å²) >= 11 is 0. The van der Waals surface area contributed by atoms with Gasteiger partial charge in [0, 0.05) is 6.61 Å². The molecular weight excluding hydrogens is 214 g/mol. The van der Waals surface area contributed by atoms with Gasteiger partial charge in [-0.1, -0.05) is 0 Å². The fourth-order valence-corrected chi connectivity index (χ4v) is 3.05. The van der Waals surface area contributed by atoms with Crippen LogP contribution in [0.15, 0.2) is 0 Å². The molecule has 2 aliphatic rings. The molecule has 0 spiro atoms. The molecule has 0 bridgehead atoms. The molecule has 1 N–H and O–H groups in total. The van der Waals surface area contributed by atoms with Crippen LogP contribution in [0.5, 0.6) is 0 Å². The molecule has 2 saturated heterocycles. The average molecular weight is 241 g/mol. The van der Waals surface area contributed by atoms with Gasteiger partial charge in [0.15, 0.2) is 0 Å². The minimum atomic E-state index is 0.361. The second kappa shape index (κ2) is 6.72. The summed E-state index contributed by atoms with van der Waals surface area (Å²) in [6.45, 7) is 7.61. The first-order chi connectivity index (χ1) is 8.24. The third-order valence-electron chi connectivity index (χ3n) is 3.93. The van der Waals surface area contributed by atoms with Gasteiger partial charge in [-0.25, -0.2) is 0 Å². The van der Waals surface area contributed by atoms with Crippen molar-refractivity contribution in [1.82, 2.24) is 5.32 Å². The highest BCUT2D eigenvalue weighted by Gasteiger charge is 2.25. The van der Waals surface area contributed by atoms with Crippen LogP contribution in [0.2, 0.25) is 0 Å². The minimum absolute atomic E-state index is 0.361. The van der Waals surface area contributed by atoms with Gasteiger partial charge in [-0.05, 0) is 65.0 Å². The van der Waals surface area contributed by atoms with E-state index in [9.17, 15) is 0 Å². The van der Waals surface area contributed by atoms with Gasteiger partial charge in [-0.15, -0.1) is 0 Å². The lowest BCUT2D eigenvalue weighted by atomic mass is 9.96. The van der Waals surface area contributed by atoms with Crippen LogP contribution in [0.3, 0.4) is 0 Å². The molecule has 0 radical (unpaired) electrons. The van der Waals surface area contributed by atoms with Gasteiger partial charge in [0.1, 0.15) is 0 Å². The number of ether oxygens (including phenoxy) is 2. The molecule has 0 aromatic heterocycles. The van der Waals surface area contributed by atoms with Crippen molar-refractivity contribution in [3.05, 3.63) is 0 Å². The van der Waals surface area contributed by atoms with E-state index in [1.807, 2.05) is 0 Å². The van der Waals surface area contributed by atoms with Crippen LogP contribution in [-0.2, 0) is 9.47 Å². The molecule has 3 unspecified atom stereocenters. The number of piperidine rings is 1. The van der Waals surface area contributed by atoms with Crippen molar-refractivity contribution in [2.75, 3.05) is 19.7 Å². The largest absolute Gasteiger partial charge is 0.378 e. The zero-order chi connectivity index (χ0) is 12.1. The van der Waals surface area contributed by atoms with Crippen LogP contribution >= 0.6 is 0 Å². The molecule has 3 heteroatoms. The Labute approximate surface area is 105 Å². The van der Waals surface area contributed by atoms with Crippen molar-refractivity contribution in [2.24, 2.45) is 5.92 Å². The first kappa shape index (κ1) is 13.3. The molecule has 0 aliphatic carbocycles. The smallest absolute Gasteiger partial charge is 0.0624 e. The number of hydrogen-bond donors (Lipinski definition) is 1. The summed E-state index contributed by atoms with van der Waals surface area (Å²) in [5.41, 5.74) is 0.